The van der Waals surface area contributed by atoms with Crippen LogP contribution in [0.4, 0.5) is 0 Å². The van der Waals surface area contributed by atoms with Crippen LogP contribution in [0.5, 0.6) is 0 Å². The third kappa shape index (κ3) is 1.50. The average molecular weight is 203 g/mol. The standard InChI is InChI=1S/C11H9NO3/c13-6-2-4-7-3-1-5-8-9(7)11(15)12-10(8)14/h1-3,5-6,13H,4H2,(H,12,14,15). The van der Waals surface area contributed by atoms with E-state index < -0.39 is 0 Å². The molecule has 0 spiro atoms. The maximum absolute atomic E-state index is 11.4. The van der Waals surface area contributed by atoms with Crippen LogP contribution in [0, 0.1) is 0 Å². The molecule has 2 rings (SSSR count). The molecule has 0 aliphatic carbocycles. The number of amides is 2. The van der Waals surface area contributed by atoms with Crippen molar-refractivity contribution in [1.82, 2.24) is 5.32 Å². The molecule has 4 nitrogen and oxygen atoms in total. The molecule has 2 N–H and O–H groups in total. The highest BCUT2D eigenvalue weighted by Gasteiger charge is 2.28. The summed E-state index contributed by atoms with van der Waals surface area (Å²) in [5, 5.41) is 10.8. The average Bonchev–Trinajstić information content (AvgIpc) is 2.53. The summed E-state index contributed by atoms with van der Waals surface area (Å²) in [6, 6.07) is 5.09. The quantitative estimate of drug-likeness (QED) is 0.560. The van der Waals surface area contributed by atoms with Crippen molar-refractivity contribution < 1.29 is 14.7 Å². The van der Waals surface area contributed by atoms with Crippen LogP contribution in [0.15, 0.2) is 30.5 Å². The van der Waals surface area contributed by atoms with E-state index in [1.807, 2.05) is 0 Å². The van der Waals surface area contributed by atoms with E-state index in [1.54, 1.807) is 18.2 Å². The van der Waals surface area contributed by atoms with E-state index in [9.17, 15) is 9.59 Å². The Morgan fingerprint density at radius 2 is 2.07 bits per heavy atom. The molecule has 0 saturated heterocycles. The second kappa shape index (κ2) is 3.57. The first kappa shape index (κ1) is 9.45. The van der Waals surface area contributed by atoms with E-state index >= 15 is 0 Å². The first-order valence-electron chi connectivity index (χ1n) is 4.51. The maximum Gasteiger partial charge on any atom is 0.259 e. The molecule has 0 aromatic heterocycles. The lowest BCUT2D eigenvalue weighted by atomic mass is 10.0. The number of hydrogen-bond donors (Lipinski definition) is 2. The van der Waals surface area contributed by atoms with Crippen molar-refractivity contribution in [2.45, 2.75) is 6.42 Å². The highest BCUT2D eigenvalue weighted by Crippen LogP contribution is 2.20. The number of aliphatic hydroxyl groups excluding tert-OH is 1. The fourth-order valence-electron chi connectivity index (χ4n) is 1.64. The van der Waals surface area contributed by atoms with Gasteiger partial charge in [-0.2, -0.15) is 0 Å². The molecule has 1 aliphatic rings. The highest BCUT2D eigenvalue weighted by molar-refractivity contribution is 6.22. The lowest BCUT2D eigenvalue weighted by Crippen LogP contribution is -2.20. The molecule has 76 valence electrons. The van der Waals surface area contributed by atoms with Gasteiger partial charge in [0.25, 0.3) is 11.8 Å². The maximum atomic E-state index is 11.4. The van der Waals surface area contributed by atoms with Gasteiger partial charge in [-0.3, -0.25) is 14.9 Å². The number of nitrogens with one attached hydrogen (secondary N) is 1. The topological polar surface area (TPSA) is 66.4 Å². The third-order valence-corrected chi connectivity index (χ3v) is 2.29. The zero-order chi connectivity index (χ0) is 10.8. The molecule has 0 bridgehead atoms. The lowest BCUT2D eigenvalue weighted by Gasteiger charge is -2.01. The smallest absolute Gasteiger partial charge is 0.259 e. The Bertz CT molecular complexity index is 463. The zero-order valence-electron chi connectivity index (χ0n) is 7.86. The minimum absolute atomic E-state index is 0.357. The summed E-state index contributed by atoms with van der Waals surface area (Å²) in [7, 11) is 0. The van der Waals surface area contributed by atoms with Gasteiger partial charge in [0.05, 0.1) is 17.4 Å². The molecule has 0 radical (unpaired) electrons. The van der Waals surface area contributed by atoms with Crippen LogP contribution in [0.3, 0.4) is 0 Å². The summed E-state index contributed by atoms with van der Waals surface area (Å²) in [6.45, 7) is 0. The van der Waals surface area contributed by atoms with Gasteiger partial charge in [-0.25, -0.2) is 0 Å². The van der Waals surface area contributed by atoms with E-state index in [0.29, 0.717) is 17.5 Å². The summed E-state index contributed by atoms with van der Waals surface area (Å²) < 4.78 is 0. The van der Waals surface area contributed by atoms with Gasteiger partial charge in [0.15, 0.2) is 0 Å². The molecule has 2 amide bonds. The summed E-state index contributed by atoms with van der Waals surface area (Å²) in [4.78, 5) is 22.7. The van der Waals surface area contributed by atoms with Crippen LogP contribution in [0.25, 0.3) is 0 Å². The number of benzene rings is 1. The number of hydrogen-bond acceptors (Lipinski definition) is 3. The second-order valence-electron chi connectivity index (χ2n) is 3.21. The van der Waals surface area contributed by atoms with Gasteiger partial charge in [-0.05, 0) is 24.1 Å². The number of imide groups is 1. The highest BCUT2D eigenvalue weighted by atomic mass is 16.2. The Hall–Kier alpha value is -2.10. The number of fused-ring (bicyclic) bond motifs is 1. The fourth-order valence-corrected chi connectivity index (χ4v) is 1.64. The minimum Gasteiger partial charge on any atom is -0.516 e. The van der Waals surface area contributed by atoms with Gasteiger partial charge in [0.2, 0.25) is 0 Å². The number of rotatable bonds is 2. The minimum atomic E-state index is -0.364. The summed E-state index contributed by atoms with van der Waals surface area (Å²) in [5.74, 6) is -0.721. The second-order valence-corrected chi connectivity index (χ2v) is 3.21. The van der Waals surface area contributed by atoms with Crippen LogP contribution in [0.1, 0.15) is 26.3 Å². The summed E-state index contributed by atoms with van der Waals surface area (Å²) >= 11 is 0. The Balaban J connectivity index is 2.50. The Labute approximate surface area is 86.2 Å². The zero-order valence-corrected chi connectivity index (χ0v) is 7.86. The normalized spacial score (nSPS) is 14.4. The number of aliphatic hydroxyl groups is 1. The van der Waals surface area contributed by atoms with Crippen LogP contribution >= 0.6 is 0 Å². The molecule has 1 aromatic rings. The van der Waals surface area contributed by atoms with Crippen LogP contribution < -0.4 is 5.32 Å². The molecular weight excluding hydrogens is 194 g/mol. The van der Waals surface area contributed by atoms with Crippen molar-refractivity contribution in [1.29, 1.82) is 0 Å². The molecule has 0 saturated carbocycles. The third-order valence-electron chi connectivity index (χ3n) is 2.29. The van der Waals surface area contributed by atoms with Crippen LogP contribution in [-0.4, -0.2) is 16.9 Å². The van der Waals surface area contributed by atoms with Crippen molar-refractivity contribution in [3.05, 3.63) is 47.2 Å². The van der Waals surface area contributed by atoms with Crippen molar-refractivity contribution in [3.8, 4) is 0 Å². The Morgan fingerprint density at radius 3 is 2.80 bits per heavy atom. The molecule has 15 heavy (non-hydrogen) atoms. The van der Waals surface area contributed by atoms with Gasteiger partial charge in [0.1, 0.15) is 0 Å². The lowest BCUT2D eigenvalue weighted by molar-refractivity contribution is 0.0879. The van der Waals surface area contributed by atoms with Gasteiger partial charge in [0, 0.05) is 0 Å². The molecule has 4 heteroatoms. The predicted molar refractivity (Wildman–Crippen MR) is 53.7 cm³/mol. The molecule has 1 aliphatic heterocycles. The van der Waals surface area contributed by atoms with Crippen molar-refractivity contribution >= 4 is 11.8 Å². The number of carbonyl (C=O) groups excluding carboxylic acids is 2. The van der Waals surface area contributed by atoms with E-state index in [1.165, 1.54) is 6.08 Å². The number of allylic oxidation sites excluding steroid dienone is 1. The number of carbonyl (C=O) groups is 2. The van der Waals surface area contributed by atoms with Crippen LogP contribution in [-0.2, 0) is 6.42 Å². The van der Waals surface area contributed by atoms with E-state index in [-0.39, 0.29) is 11.8 Å². The molecule has 0 atom stereocenters. The summed E-state index contributed by atoms with van der Waals surface area (Å²) in [6.07, 6.45) is 2.88. The van der Waals surface area contributed by atoms with Crippen LogP contribution in [0.2, 0.25) is 0 Å². The van der Waals surface area contributed by atoms with Crippen molar-refractivity contribution in [2.24, 2.45) is 0 Å². The fraction of sp³-hybridized carbons (Fsp3) is 0.0909. The van der Waals surface area contributed by atoms with Gasteiger partial charge >= 0.3 is 0 Å². The SMILES string of the molecule is O=C1NC(=O)c2c(CC=CO)cccc21. The van der Waals surface area contributed by atoms with E-state index in [0.717, 1.165) is 11.8 Å². The molecule has 0 fully saturated rings. The largest absolute Gasteiger partial charge is 0.516 e. The first-order valence-corrected chi connectivity index (χ1v) is 4.51. The summed E-state index contributed by atoms with van der Waals surface area (Å²) in [5.41, 5.74) is 1.56. The first-order chi connectivity index (χ1) is 7.24. The molecular formula is C11H9NO3. The Morgan fingerprint density at radius 1 is 1.27 bits per heavy atom. The molecule has 1 heterocycles. The van der Waals surface area contributed by atoms with E-state index in [2.05, 4.69) is 5.32 Å². The monoisotopic (exact) mass is 203 g/mol. The van der Waals surface area contributed by atoms with Crippen molar-refractivity contribution in [3.63, 3.8) is 0 Å². The molecule has 0 unspecified atom stereocenters. The molecule has 1 aromatic carbocycles. The predicted octanol–water partition coefficient (Wildman–Crippen LogP) is 1.18. The van der Waals surface area contributed by atoms with E-state index in [4.69, 9.17) is 5.11 Å². The van der Waals surface area contributed by atoms with Crippen molar-refractivity contribution in [2.75, 3.05) is 0 Å². The van der Waals surface area contributed by atoms with Gasteiger partial charge < -0.3 is 5.11 Å². The van der Waals surface area contributed by atoms with Gasteiger partial charge in [-0.15, -0.1) is 0 Å². The Kier molecular flexibility index (Phi) is 2.25. The van der Waals surface area contributed by atoms with Gasteiger partial charge in [-0.1, -0.05) is 12.1 Å².